The van der Waals surface area contributed by atoms with Crippen LogP contribution in [0.2, 0.25) is 0 Å². The van der Waals surface area contributed by atoms with E-state index in [9.17, 15) is 0 Å². The highest BCUT2D eigenvalue weighted by atomic mass is 32.1. The summed E-state index contributed by atoms with van der Waals surface area (Å²) in [5.41, 5.74) is 1.96. The summed E-state index contributed by atoms with van der Waals surface area (Å²) in [6, 6.07) is 2.68. The standard InChI is InChI=1S/C17H29NOS/c1-16(2)8-10-17(19-4,11-9-16)15(18-3)6-5-14-7-12-20-13-14/h7,12-13,15,18H,5-6,8-11H2,1-4H3. The third-order valence-corrected chi connectivity index (χ3v) is 5.87. The Hall–Kier alpha value is -0.380. The summed E-state index contributed by atoms with van der Waals surface area (Å²) < 4.78 is 6.04. The molecular formula is C17H29NOS. The zero-order chi connectivity index (χ0) is 14.6. The third-order valence-electron chi connectivity index (χ3n) is 5.14. The van der Waals surface area contributed by atoms with Gasteiger partial charge in [0.15, 0.2) is 0 Å². The lowest BCUT2D eigenvalue weighted by atomic mass is 9.67. The molecule has 0 radical (unpaired) electrons. The summed E-state index contributed by atoms with van der Waals surface area (Å²) in [6.07, 6.45) is 7.16. The Morgan fingerprint density at radius 3 is 2.50 bits per heavy atom. The van der Waals surface area contributed by atoms with E-state index in [1.165, 1.54) is 31.2 Å². The summed E-state index contributed by atoms with van der Waals surface area (Å²) in [5, 5.41) is 7.96. The lowest BCUT2D eigenvalue weighted by Crippen LogP contribution is -2.54. The normalized spacial score (nSPS) is 22.6. The summed E-state index contributed by atoms with van der Waals surface area (Å²) in [7, 11) is 3.98. The number of aryl methyl sites for hydroxylation is 1. The van der Waals surface area contributed by atoms with Gasteiger partial charge in [0, 0.05) is 13.2 Å². The molecular weight excluding hydrogens is 266 g/mol. The SMILES string of the molecule is CNC(CCc1ccsc1)C1(OC)CCC(C)(C)CC1. The van der Waals surface area contributed by atoms with E-state index in [0.717, 1.165) is 12.8 Å². The topological polar surface area (TPSA) is 21.3 Å². The molecule has 114 valence electrons. The number of hydrogen-bond acceptors (Lipinski definition) is 3. The van der Waals surface area contributed by atoms with Crippen molar-refractivity contribution in [2.24, 2.45) is 5.41 Å². The highest BCUT2D eigenvalue weighted by Gasteiger charge is 2.43. The van der Waals surface area contributed by atoms with Gasteiger partial charge in [-0.25, -0.2) is 0 Å². The van der Waals surface area contributed by atoms with Crippen LogP contribution in [0.4, 0.5) is 0 Å². The van der Waals surface area contributed by atoms with E-state index < -0.39 is 0 Å². The summed E-state index contributed by atoms with van der Waals surface area (Å²) >= 11 is 1.79. The molecule has 0 saturated heterocycles. The van der Waals surface area contributed by atoms with Crippen LogP contribution in [-0.2, 0) is 11.2 Å². The van der Waals surface area contributed by atoms with Crippen LogP contribution in [0.3, 0.4) is 0 Å². The number of methoxy groups -OCH3 is 1. The molecule has 1 fully saturated rings. The van der Waals surface area contributed by atoms with Crippen molar-refractivity contribution in [1.82, 2.24) is 5.32 Å². The van der Waals surface area contributed by atoms with Crippen molar-refractivity contribution in [3.05, 3.63) is 22.4 Å². The minimum absolute atomic E-state index is 0.0281. The van der Waals surface area contributed by atoms with Crippen molar-refractivity contribution in [1.29, 1.82) is 0 Å². The zero-order valence-electron chi connectivity index (χ0n) is 13.4. The fraction of sp³-hybridized carbons (Fsp3) is 0.765. The lowest BCUT2D eigenvalue weighted by molar-refractivity contribution is -0.0863. The summed E-state index contributed by atoms with van der Waals surface area (Å²) in [5.74, 6) is 0. The van der Waals surface area contributed by atoms with Gasteiger partial charge < -0.3 is 10.1 Å². The number of likely N-dealkylation sites (N-methyl/N-ethyl adjacent to an activating group) is 1. The molecule has 20 heavy (non-hydrogen) atoms. The Bertz CT molecular complexity index is 389. The molecule has 0 bridgehead atoms. The average Bonchev–Trinajstić information content (AvgIpc) is 2.94. The molecule has 1 aromatic heterocycles. The van der Waals surface area contributed by atoms with Crippen LogP contribution in [0.15, 0.2) is 16.8 Å². The second kappa shape index (κ2) is 6.59. The minimum Gasteiger partial charge on any atom is -0.377 e. The molecule has 3 heteroatoms. The predicted molar refractivity (Wildman–Crippen MR) is 87.5 cm³/mol. The molecule has 2 rings (SSSR count). The molecule has 0 aliphatic heterocycles. The number of nitrogens with one attached hydrogen (secondary N) is 1. The van der Waals surface area contributed by atoms with E-state index in [4.69, 9.17) is 4.74 Å². The van der Waals surface area contributed by atoms with Crippen LogP contribution in [0, 0.1) is 5.41 Å². The predicted octanol–water partition coefficient (Wildman–Crippen LogP) is 4.25. The van der Waals surface area contributed by atoms with E-state index in [1.54, 1.807) is 11.3 Å². The Morgan fingerprint density at radius 2 is 2.00 bits per heavy atom. The van der Waals surface area contributed by atoms with Gasteiger partial charge in [-0.3, -0.25) is 0 Å². The van der Waals surface area contributed by atoms with Crippen molar-refractivity contribution >= 4 is 11.3 Å². The van der Waals surface area contributed by atoms with Crippen LogP contribution in [-0.4, -0.2) is 25.8 Å². The van der Waals surface area contributed by atoms with Crippen molar-refractivity contribution < 1.29 is 4.74 Å². The number of hydrogen-bond donors (Lipinski definition) is 1. The number of ether oxygens (including phenoxy) is 1. The van der Waals surface area contributed by atoms with Crippen LogP contribution in [0.1, 0.15) is 51.5 Å². The number of rotatable bonds is 6. The van der Waals surface area contributed by atoms with Gasteiger partial charge in [-0.05, 0) is 73.4 Å². The van der Waals surface area contributed by atoms with E-state index in [0.29, 0.717) is 11.5 Å². The molecule has 0 spiro atoms. The second-order valence-electron chi connectivity index (χ2n) is 6.94. The summed E-state index contributed by atoms with van der Waals surface area (Å²) in [4.78, 5) is 0. The van der Waals surface area contributed by atoms with Crippen molar-refractivity contribution in [2.75, 3.05) is 14.2 Å². The van der Waals surface area contributed by atoms with E-state index in [1.807, 2.05) is 7.11 Å². The van der Waals surface area contributed by atoms with E-state index in [2.05, 4.69) is 43.0 Å². The maximum atomic E-state index is 6.04. The van der Waals surface area contributed by atoms with Crippen molar-refractivity contribution in [3.8, 4) is 0 Å². The first-order valence-corrected chi connectivity index (χ1v) is 8.69. The van der Waals surface area contributed by atoms with Gasteiger partial charge in [-0.15, -0.1) is 0 Å². The Balaban J connectivity index is 2.00. The molecule has 0 amide bonds. The zero-order valence-corrected chi connectivity index (χ0v) is 14.2. The van der Waals surface area contributed by atoms with Crippen LogP contribution in [0.5, 0.6) is 0 Å². The monoisotopic (exact) mass is 295 g/mol. The molecule has 1 saturated carbocycles. The lowest BCUT2D eigenvalue weighted by Gasteiger charge is -2.47. The van der Waals surface area contributed by atoms with Gasteiger partial charge in [-0.1, -0.05) is 13.8 Å². The van der Waals surface area contributed by atoms with Crippen molar-refractivity contribution in [2.45, 2.75) is 64.0 Å². The van der Waals surface area contributed by atoms with Crippen LogP contribution in [0.25, 0.3) is 0 Å². The first-order valence-electron chi connectivity index (χ1n) is 7.75. The first-order chi connectivity index (χ1) is 9.51. The largest absolute Gasteiger partial charge is 0.377 e. The molecule has 1 aromatic rings. The second-order valence-corrected chi connectivity index (χ2v) is 7.72. The molecule has 1 aliphatic rings. The van der Waals surface area contributed by atoms with Gasteiger partial charge in [0.1, 0.15) is 0 Å². The summed E-state index contributed by atoms with van der Waals surface area (Å²) in [6.45, 7) is 4.76. The molecule has 1 atom stereocenters. The fourth-order valence-electron chi connectivity index (χ4n) is 3.46. The minimum atomic E-state index is 0.0281. The maximum absolute atomic E-state index is 6.04. The molecule has 0 aromatic carbocycles. The highest BCUT2D eigenvalue weighted by molar-refractivity contribution is 7.07. The first kappa shape index (κ1) is 16.0. The van der Waals surface area contributed by atoms with E-state index in [-0.39, 0.29) is 5.60 Å². The number of thiophene rings is 1. The smallest absolute Gasteiger partial charge is 0.0831 e. The maximum Gasteiger partial charge on any atom is 0.0831 e. The Labute approximate surface area is 127 Å². The molecule has 2 nitrogen and oxygen atoms in total. The molecule has 1 N–H and O–H groups in total. The Kier molecular flexibility index (Phi) is 5.27. The van der Waals surface area contributed by atoms with Crippen LogP contribution < -0.4 is 5.32 Å². The molecule has 1 heterocycles. The van der Waals surface area contributed by atoms with Gasteiger partial charge in [0.05, 0.1) is 5.60 Å². The van der Waals surface area contributed by atoms with Crippen molar-refractivity contribution in [3.63, 3.8) is 0 Å². The Morgan fingerprint density at radius 1 is 1.30 bits per heavy atom. The quantitative estimate of drug-likeness (QED) is 0.847. The molecule has 1 aliphatic carbocycles. The van der Waals surface area contributed by atoms with Gasteiger partial charge in [0.2, 0.25) is 0 Å². The van der Waals surface area contributed by atoms with E-state index >= 15 is 0 Å². The van der Waals surface area contributed by atoms with Gasteiger partial charge in [-0.2, -0.15) is 11.3 Å². The molecule has 1 unspecified atom stereocenters. The average molecular weight is 295 g/mol. The third kappa shape index (κ3) is 3.63. The van der Waals surface area contributed by atoms with Gasteiger partial charge in [0.25, 0.3) is 0 Å². The van der Waals surface area contributed by atoms with Crippen LogP contribution >= 0.6 is 11.3 Å². The van der Waals surface area contributed by atoms with Gasteiger partial charge >= 0.3 is 0 Å². The fourth-order valence-corrected chi connectivity index (χ4v) is 4.16. The highest BCUT2D eigenvalue weighted by Crippen LogP contribution is 2.44.